The van der Waals surface area contributed by atoms with E-state index in [1.165, 1.54) is 11.1 Å². The molecule has 1 amide bonds. The summed E-state index contributed by atoms with van der Waals surface area (Å²) in [6.07, 6.45) is 2.05. The highest BCUT2D eigenvalue weighted by Gasteiger charge is 2.79. The summed E-state index contributed by atoms with van der Waals surface area (Å²) >= 11 is 0. The van der Waals surface area contributed by atoms with Gasteiger partial charge in [-0.15, -0.1) is 0 Å². The number of likely N-dealkylation sites (N-methyl/N-ethyl adjacent to an activating group) is 1. The minimum atomic E-state index is -3.64. The Morgan fingerprint density at radius 1 is 0.976 bits per heavy atom. The third kappa shape index (κ3) is 2.84. The summed E-state index contributed by atoms with van der Waals surface area (Å²) in [5, 5.41) is 0. The number of para-hydroxylation sites is 1. The number of fused-ring (bicyclic) bond motifs is 1. The molecule has 0 saturated carbocycles. The minimum absolute atomic E-state index is 0.0000543. The van der Waals surface area contributed by atoms with Crippen molar-refractivity contribution in [1.82, 2.24) is 9.80 Å². The number of hydrogen-bond acceptors (Lipinski definition) is 6. The molecule has 6 heterocycles. The van der Waals surface area contributed by atoms with Crippen LogP contribution in [0.3, 0.4) is 0 Å². The van der Waals surface area contributed by atoms with E-state index in [0.717, 1.165) is 36.3 Å². The molecule has 3 fully saturated rings. The number of carbonyl (C=O) groups excluding carboxylic acids is 1. The van der Waals surface area contributed by atoms with Gasteiger partial charge in [0.15, 0.2) is 0 Å². The Bertz CT molecular complexity index is 1590. The second-order valence-corrected chi connectivity index (χ2v) is 15.4. The van der Waals surface area contributed by atoms with Gasteiger partial charge in [-0.25, -0.2) is 12.7 Å². The lowest BCUT2D eigenvalue weighted by Crippen LogP contribution is -2.75. The second-order valence-electron chi connectivity index (χ2n) is 13.4. The number of hydrogen-bond donors (Lipinski definition) is 0. The van der Waals surface area contributed by atoms with Crippen LogP contribution in [0.5, 0.6) is 0 Å². The van der Waals surface area contributed by atoms with Crippen molar-refractivity contribution >= 4 is 27.3 Å². The van der Waals surface area contributed by atoms with Crippen LogP contribution in [0, 0.1) is 0 Å². The maximum Gasteiger partial charge on any atom is 0.236 e. The molecule has 6 aliphatic rings. The van der Waals surface area contributed by atoms with Crippen molar-refractivity contribution in [2.45, 2.75) is 94.3 Å². The number of amides is 1. The molecule has 2 aromatic carbocycles. The van der Waals surface area contributed by atoms with Crippen molar-refractivity contribution in [3.8, 4) is 0 Å². The molecule has 0 N–H and O–H groups in total. The molecular formula is C32H40N4O4S. The van der Waals surface area contributed by atoms with Gasteiger partial charge >= 0.3 is 0 Å². The zero-order valence-corrected chi connectivity index (χ0v) is 25.4. The highest BCUT2D eigenvalue weighted by Crippen LogP contribution is 2.73. The minimum Gasteiger partial charge on any atom is -0.365 e. The number of epoxide rings is 1. The van der Waals surface area contributed by atoms with Gasteiger partial charge in [0, 0.05) is 37.7 Å². The first-order chi connectivity index (χ1) is 19.6. The normalized spacial score (nSPS) is 37.0. The molecule has 1 unspecified atom stereocenters. The summed E-state index contributed by atoms with van der Waals surface area (Å²) in [4.78, 5) is 20.7. The Morgan fingerprint density at radius 2 is 1.68 bits per heavy atom. The van der Waals surface area contributed by atoms with Crippen LogP contribution < -0.4 is 9.21 Å². The van der Waals surface area contributed by atoms with Crippen LogP contribution in [0.15, 0.2) is 42.5 Å². The van der Waals surface area contributed by atoms with Crippen molar-refractivity contribution in [1.29, 1.82) is 0 Å². The standard InChI is InChI=1S/C32H40N4O4S/c1-6-19-41(38,39)36-22-13-9-8-12-21(22)31-15-17-34(24(37)7-2)29(31)35-18-16-32(31)25-20(26(35)27-30(3,4)40-27)11-10-14-23(25)33(5)28(32)36/h8-14,26-29H,6-7,15-19H2,1-5H3/t26-,27+,28-,29+,31-,32-/m0/s1. The molecule has 6 aliphatic heterocycles. The van der Waals surface area contributed by atoms with E-state index in [0.29, 0.717) is 19.4 Å². The molecule has 2 spiro atoms. The molecule has 218 valence electrons. The van der Waals surface area contributed by atoms with Gasteiger partial charge in [-0.05, 0) is 61.9 Å². The number of nitrogens with zero attached hydrogens (tertiary/aromatic N) is 4. The Balaban J connectivity index is 1.52. The third-order valence-corrected chi connectivity index (χ3v) is 13.2. The molecule has 8 rings (SSSR count). The van der Waals surface area contributed by atoms with E-state index >= 15 is 0 Å². The summed E-state index contributed by atoms with van der Waals surface area (Å²) in [7, 11) is -1.56. The van der Waals surface area contributed by atoms with Gasteiger partial charge in [0.25, 0.3) is 0 Å². The van der Waals surface area contributed by atoms with Crippen molar-refractivity contribution in [3.05, 3.63) is 59.2 Å². The molecule has 9 heteroatoms. The summed E-state index contributed by atoms with van der Waals surface area (Å²) in [6.45, 7) is 9.66. The summed E-state index contributed by atoms with van der Waals surface area (Å²) in [6, 6.07) is 14.7. The number of likely N-dealkylation sites (tertiary alicyclic amines) is 1. The van der Waals surface area contributed by atoms with E-state index in [-0.39, 0.29) is 35.6 Å². The average molecular weight is 577 g/mol. The first-order valence-corrected chi connectivity index (χ1v) is 16.9. The fourth-order valence-corrected chi connectivity index (χ4v) is 11.8. The molecule has 41 heavy (non-hydrogen) atoms. The van der Waals surface area contributed by atoms with E-state index in [9.17, 15) is 13.2 Å². The largest absolute Gasteiger partial charge is 0.365 e. The monoisotopic (exact) mass is 576 g/mol. The summed E-state index contributed by atoms with van der Waals surface area (Å²) < 4.78 is 36.9. The number of sulfonamides is 1. The molecular weight excluding hydrogens is 536 g/mol. The van der Waals surface area contributed by atoms with Gasteiger partial charge in [0.1, 0.15) is 12.3 Å². The van der Waals surface area contributed by atoms with Gasteiger partial charge in [-0.3, -0.25) is 9.69 Å². The first-order valence-electron chi connectivity index (χ1n) is 15.3. The van der Waals surface area contributed by atoms with Crippen molar-refractivity contribution in [2.24, 2.45) is 0 Å². The van der Waals surface area contributed by atoms with E-state index in [4.69, 9.17) is 4.74 Å². The van der Waals surface area contributed by atoms with Crippen LogP contribution in [0.25, 0.3) is 0 Å². The van der Waals surface area contributed by atoms with Gasteiger partial charge in [0.2, 0.25) is 15.9 Å². The highest BCUT2D eigenvalue weighted by molar-refractivity contribution is 7.92. The quantitative estimate of drug-likeness (QED) is 0.499. The van der Waals surface area contributed by atoms with E-state index in [1.807, 2.05) is 26.0 Å². The van der Waals surface area contributed by atoms with E-state index in [2.05, 4.69) is 65.9 Å². The molecule has 2 aromatic rings. The SMILES string of the molecule is CCCS(=O)(=O)N1c2ccccc2[C@@]23CCN(C(=O)CC)[C@@H]2N2CC[C@@]34c3c(cccc3N(C)[C@@H]14)[C@H]2[C@H]1OC1(C)C. The smallest absolute Gasteiger partial charge is 0.236 e. The molecule has 0 aromatic heterocycles. The Morgan fingerprint density at radius 3 is 2.39 bits per heavy atom. The van der Waals surface area contributed by atoms with Gasteiger partial charge in [-0.2, -0.15) is 0 Å². The zero-order valence-electron chi connectivity index (χ0n) is 24.6. The van der Waals surface area contributed by atoms with Gasteiger partial charge < -0.3 is 14.5 Å². The van der Waals surface area contributed by atoms with Crippen LogP contribution in [-0.4, -0.2) is 74.1 Å². The van der Waals surface area contributed by atoms with E-state index < -0.39 is 27.0 Å². The fraction of sp³-hybridized carbons (Fsp3) is 0.594. The average Bonchev–Trinajstić information content (AvgIpc) is 3.34. The Kier molecular flexibility index (Phi) is 5.11. The zero-order chi connectivity index (χ0) is 28.7. The third-order valence-electron chi connectivity index (χ3n) is 11.3. The van der Waals surface area contributed by atoms with Crippen molar-refractivity contribution < 1.29 is 17.9 Å². The number of piperidine rings is 1. The van der Waals surface area contributed by atoms with Crippen LogP contribution in [0.2, 0.25) is 0 Å². The molecule has 3 saturated heterocycles. The molecule has 2 bridgehead atoms. The maximum absolute atomic E-state index is 14.3. The molecule has 8 nitrogen and oxygen atoms in total. The molecule has 7 atom stereocenters. The predicted molar refractivity (Wildman–Crippen MR) is 158 cm³/mol. The maximum atomic E-state index is 14.3. The molecule has 0 aliphatic carbocycles. The number of benzene rings is 2. The van der Waals surface area contributed by atoms with Crippen molar-refractivity contribution in [2.75, 3.05) is 35.1 Å². The van der Waals surface area contributed by atoms with E-state index in [1.54, 1.807) is 4.31 Å². The number of ether oxygens (including phenoxy) is 1. The van der Waals surface area contributed by atoms with Gasteiger partial charge in [0.05, 0.1) is 34.7 Å². The lowest BCUT2D eigenvalue weighted by Gasteiger charge is -2.64. The van der Waals surface area contributed by atoms with Crippen LogP contribution >= 0.6 is 0 Å². The summed E-state index contributed by atoms with van der Waals surface area (Å²) in [5.74, 6) is 0.261. The topological polar surface area (TPSA) is 76.7 Å². The lowest BCUT2D eigenvalue weighted by molar-refractivity contribution is -0.142. The van der Waals surface area contributed by atoms with Crippen molar-refractivity contribution in [3.63, 3.8) is 0 Å². The van der Waals surface area contributed by atoms with Crippen LogP contribution in [-0.2, 0) is 30.4 Å². The van der Waals surface area contributed by atoms with Gasteiger partial charge in [-0.1, -0.05) is 44.2 Å². The Labute approximate surface area is 243 Å². The molecule has 0 radical (unpaired) electrons. The highest BCUT2D eigenvalue weighted by atomic mass is 32.2. The number of anilines is 2. The number of rotatable bonds is 5. The van der Waals surface area contributed by atoms with Crippen LogP contribution in [0.4, 0.5) is 11.4 Å². The second kappa shape index (κ2) is 8.05. The lowest BCUT2D eigenvalue weighted by atomic mass is 9.50. The number of carbonyl (C=O) groups is 1. The Hall–Kier alpha value is -2.62. The predicted octanol–water partition coefficient (Wildman–Crippen LogP) is 4.10. The fourth-order valence-electron chi connectivity index (χ4n) is 9.98. The summed E-state index contributed by atoms with van der Waals surface area (Å²) in [5.41, 5.74) is 4.26. The first kappa shape index (κ1) is 26.0. The van der Waals surface area contributed by atoms with Crippen LogP contribution in [0.1, 0.15) is 76.1 Å².